The molecule has 2 aromatic rings. The van der Waals surface area contributed by atoms with Crippen LogP contribution in [-0.2, 0) is 14.9 Å². The quantitative estimate of drug-likeness (QED) is 0.724. The number of likely N-dealkylation sites (tertiary alicyclic amines) is 1. The Hall–Kier alpha value is -2.73. The van der Waals surface area contributed by atoms with E-state index in [1.165, 1.54) is 5.56 Å². The zero-order valence-electron chi connectivity index (χ0n) is 20.0. The monoisotopic (exact) mass is 449 g/mol. The average molecular weight is 450 g/mol. The molecule has 4 rings (SSSR count). The topological polar surface area (TPSA) is 71.5 Å². The summed E-state index contributed by atoms with van der Waals surface area (Å²) in [5, 5.41) is 2.94. The van der Waals surface area contributed by atoms with Gasteiger partial charge in [0.05, 0.1) is 17.1 Å². The van der Waals surface area contributed by atoms with Crippen LogP contribution in [-0.4, -0.2) is 54.0 Å². The molecule has 1 unspecified atom stereocenters. The first kappa shape index (κ1) is 23.4. The molecule has 0 bridgehead atoms. The highest BCUT2D eigenvalue weighted by atomic mass is 16.5. The molecule has 0 saturated carbocycles. The fraction of sp³-hybridized carbons (Fsp3) is 0.519. The number of nitrogens with zero attached hydrogens (tertiary/aromatic N) is 2. The Morgan fingerprint density at radius 2 is 1.82 bits per heavy atom. The summed E-state index contributed by atoms with van der Waals surface area (Å²) in [4.78, 5) is 32.2. The summed E-state index contributed by atoms with van der Waals surface area (Å²) in [6, 6.07) is 12.1. The molecule has 6 nitrogen and oxygen atoms in total. The molecule has 1 aromatic heterocycles. The maximum Gasteiger partial charge on any atom is 0.252 e. The summed E-state index contributed by atoms with van der Waals surface area (Å²) in [7, 11) is 0. The van der Waals surface area contributed by atoms with E-state index in [-0.39, 0.29) is 17.9 Å². The lowest BCUT2D eigenvalue weighted by atomic mass is 9.82. The lowest BCUT2D eigenvalue weighted by Crippen LogP contribution is -2.46. The van der Waals surface area contributed by atoms with Crippen LogP contribution >= 0.6 is 0 Å². The van der Waals surface area contributed by atoms with Gasteiger partial charge in [-0.25, -0.2) is 0 Å². The van der Waals surface area contributed by atoms with Crippen LogP contribution in [0.5, 0.6) is 0 Å². The molecule has 176 valence electrons. The molecule has 6 heteroatoms. The number of carbonyl (C=O) groups is 2. The molecule has 33 heavy (non-hydrogen) atoms. The smallest absolute Gasteiger partial charge is 0.252 e. The summed E-state index contributed by atoms with van der Waals surface area (Å²) < 4.78 is 5.56. The van der Waals surface area contributed by atoms with Crippen molar-refractivity contribution in [2.75, 3.05) is 26.2 Å². The van der Waals surface area contributed by atoms with E-state index in [4.69, 9.17) is 4.74 Å². The number of amides is 2. The minimum atomic E-state index is -0.544. The van der Waals surface area contributed by atoms with Crippen molar-refractivity contribution in [2.45, 2.75) is 63.9 Å². The molecule has 3 heterocycles. The highest BCUT2D eigenvalue weighted by Gasteiger charge is 2.35. The molecular weight excluding hydrogens is 414 g/mol. The minimum absolute atomic E-state index is 0.108. The van der Waals surface area contributed by atoms with Crippen molar-refractivity contribution in [1.29, 1.82) is 0 Å². The number of aryl methyl sites for hydroxylation is 1. The third kappa shape index (κ3) is 5.44. The van der Waals surface area contributed by atoms with E-state index in [1.807, 2.05) is 30.9 Å². The van der Waals surface area contributed by atoms with E-state index < -0.39 is 5.41 Å². The van der Waals surface area contributed by atoms with E-state index >= 15 is 0 Å². The second-order valence-corrected chi connectivity index (χ2v) is 9.87. The Kier molecular flexibility index (Phi) is 7.13. The molecule has 0 radical (unpaired) electrons. The van der Waals surface area contributed by atoms with E-state index in [2.05, 4.69) is 41.5 Å². The average Bonchev–Trinajstić information content (AvgIpc) is 3.36. The number of pyridine rings is 1. The molecule has 2 fully saturated rings. The number of benzene rings is 1. The first-order chi connectivity index (χ1) is 15.8. The molecular formula is C27H35N3O3. The number of hydrogen-bond acceptors (Lipinski definition) is 4. The Morgan fingerprint density at radius 1 is 1.09 bits per heavy atom. The molecule has 2 aliphatic heterocycles. The van der Waals surface area contributed by atoms with Gasteiger partial charge in [-0.3, -0.25) is 14.6 Å². The summed E-state index contributed by atoms with van der Waals surface area (Å²) >= 11 is 0. The first-order valence-electron chi connectivity index (χ1n) is 12.1. The highest BCUT2D eigenvalue weighted by Crippen LogP contribution is 2.31. The number of carbonyl (C=O) groups excluding carboxylic acids is 2. The lowest BCUT2D eigenvalue weighted by Gasteiger charge is -2.37. The van der Waals surface area contributed by atoms with Crippen LogP contribution in [0.3, 0.4) is 0 Å². The number of nitrogens with one attached hydrogen (secondary N) is 1. The highest BCUT2D eigenvalue weighted by molar-refractivity contribution is 5.93. The van der Waals surface area contributed by atoms with Crippen molar-refractivity contribution >= 4 is 11.8 Å². The molecule has 2 saturated heterocycles. The van der Waals surface area contributed by atoms with Crippen molar-refractivity contribution in [3.63, 3.8) is 0 Å². The van der Waals surface area contributed by atoms with Crippen molar-refractivity contribution in [1.82, 2.24) is 15.2 Å². The molecule has 2 amide bonds. The van der Waals surface area contributed by atoms with Crippen LogP contribution in [0.2, 0.25) is 0 Å². The number of ether oxygens (including phenoxy) is 1. The molecule has 0 aliphatic carbocycles. The van der Waals surface area contributed by atoms with E-state index in [0.29, 0.717) is 18.0 Å². The summed E-state index contributed by atoms with van der Waals surface area (Å²) in [6.07, 6.45) is 5.62. The zero-order valence-corrected chi connectivity index (χ0v) is 20.0. The molecule has 1 atom stereocenters. The predicted octanol–water partition coefficient (Wildman–Crippen LogP) is 3.98. The van der Waals surface area contributed by atoms with Gasteiger partial charge in [-0.15, -0.1) is 0 Å². The van der Waals surface area contributed by atoms with Gasteiger partial charge in [-0.05, 0) is 64.2 Å². The first-order valence-corrected chi connectivity index (χ1v) is 12.1. The van der Waals surface area contributed by atoms with Crippen LogP contribution in [0.4, 0.5) is 0 Å². The standard InChI is InChI=1S/C27H35N3O3/c1-19-6-9-22(10-7-19)27(2,3)26(32)30-14-12-20(13-15-30)24-11-8-21(17-28-24)25(31)29-18-23-5-4-16-33-23/h6-11,17,20,23H,4-5,12-16,18H2,1-3H3,(H,29,31). The minimum Gasteiger partial charge on any atom is -0.376 e. The third-order valence-corrected chi connectivity index (χ3v) is 7.07. The van der Waals surface area contributed by atoms with Gasteiger partial charge in [-0.1, -0.05) is 29.8 Å². The van der Waals surface area contributed by atoms with Gasteiger partial charge in [0, 0.05) is 44.0 Å². The van der Waals surface area contributed by atoms with Crippen LogP contribution < -0.4 is 5.32 Å². The fourth-order valence-corrected chi connectivity index (χ4v) is 4.76. The summed E-state index contributed by atoms with van der Waals surface area (Å²) in [6.45, 7) is 8.86. The Balaban J connectivity index is 1.30. The largest absolute Gasteiger partial charge is 0.376 e. The molecule has 2 aliphatic rings. The maximum absolute atomic E-state index is 13.3. The molecule has 1 N–H and O–H groups in total. The van der Waals surface area contributed by atoms with E-state index in [0.717, 1.165) is 56.6 Å². The van der Waals surface area contributed by atoms with Crippen molar-refractivity contribution in [2.24, 2.45) is 0 Å². The SMILES string of the molecule is Cc1ccc(C(C)(C)C(=O)N2CCC(c3ccc(C(=O)NCC4CCCO4)cn3)CC2)cc1. The van der Waals surface area contributed by atoms with Gasteiger partial charge < -0.3 is 15.0 Å². The van der Waals surface area contributed by atoms with Gasteiger partial charge in [-0.2, -0.15) is 0 Å². The second-order valence-electron chi connectivity index (χ2n) is 9.87. The Bertz CT molecular complexity index is 955. The number of hydrogen-bond donors (Lipinski definition) is 1. The van der Waals surface area contributed by atoms with Gasteiger partial charge in [0.2, 0.25) is 5.91 Å². The number of rotatable bonds is 6. The van der Waals surface area contributed by atoms with E-state index in [1.54, 1.807) is 6.20 Å². The van der Waals surface area contributed by atoms with Gasteiger partial charge >= 0.3 is 0 Å². The van der Waals surface area contributed by atoms with Crippen molar-refractivity contribution in [3.8, 4) is 0 Å². The summed E-state index contributed by atoms with van der Waals surface area (Å²) in [5.74, 6) is 0.375. The van der Waals surface area contributed by atoms with Crippen LogP contribution in [0.15, 0.2) is 42.6 Å². The van der Waals surface area contributed by atoms with Crippen molar-refractivity contribution in [3.05, 3.63) is 65.0 Å². The van der Waals surface area contributed by atoms with Gasteiger partial charge in [0.15, 0.2) is 0 Å². The van der Waals surface area contributed by atoms with Crippen LogP contribution in [0, 0.1) is 6.92 Å². The Labute approximate surface area is 196 Å². The maximum atomic E-state index is 13.3. The Morgan fingerprint density at radius 3 is 2.42 bits per heavy atom. The van der Waals surface area contributed by atoms with Crippen LogP contribution in [0.1, 0.15) is 72.6 Å². The van der Waals surface area contributed by atoms with Crippen molar-refractivity contribution < 1.29 is 14.3 Å². The molecule has 1 aromatic carbocycles. The third-order valence-electron chi connectivity index (χ3n) is 7.07. The van der Waals surface area contributed by atoms with Gasteiger partial charge in [0.25, 0.3) is 5.91 Å². The predicted molar refractivity (Wildman–Crippen MR) is 128 cm³/mol. The number of aromatic nitrogens is 1. The number of piperidine rings is 1. The lowest BCUT2D eigenvalue weighted by molar-refractivity contribution is -0.137. The normalized spacial score (nSPS) is 19.5. The second kappa shape index (κ2) is 10.0. The zero-order chi connectivity index (χ0) is 23.4. The summed E-state index contributed by atoms with van der Waals surface area (Å²) in [5.41, 5.74) is 3.27. The fourth-order valence-electron chi connectivity index (χ4n) is 4.76. The van der Waals surface area contributed by atoms with Crippen LogP contribution in [0.25, 0.3) is 0 Å². The van der Waals surface area contributed by atoms with E-state index in [9.17, 15) is 9.59 Å². The van der Waals surface area contributed by atoms with Gasteiger partial charge in [0.1, 0.15) is 0 Å². The molecule has 0 spiro atoms.